The minimum Gasteiger partial charge on any atom is -0.506 e. The van der Waals surface area contributed by atoms with Gasteiger partial charge in [-0.15, -0.1) is 0 Å². The fourth-order valence-corrected chi connectivity index (χ4v) is 6.33. The summed E-state index contributed by atoms with van der Waals surface area (Å²) in [5, 5.41) is 41.8. The van der Waals surface area contributed by atoms with Gasteiger partial charge in [0.2, 0.25) is 0 Å². The molecule has 2 aliphatic heterocycles. The van der Waals surface area contributed by atoms with Gasteiger partial charge in [0.1, 0.15) is 18.1 Å². The second kappa shape index (κ2) is 21.1. The zero-order valence-corrected chi connectivity index (χ0v) is 32.8. The van der Waals surface area contributed by atoms with Gasteiger partial charge in [-0.25, -0.2) is 0 Å². The van der Waals surface area contributed by atoms with Crippen molar-refractivity contribution in [1.29, 1.82) is 0 Å². The number of hydrogen-bond acceptors (Lipinski definition) is 13. The van der Waals surface area contributed by atoms with E-state index in [1.165, 1.54) is 7.11 Å². The number of rotatable bonds is 17. The molecule has 13 nitrogen and oxygen atoms in total. The van der Waals surface area contributed by atoms with Crippen LogP contribution in [0, 0.1) is 6.92 Å². The van der Waals surface area contributed by atoms with Crippen molar-refractivity contribution in [2.45, 2.75) is 123 Å². The first-order valence-electron chi connectivity index (χ1n) is 17.7. The molecular formula is C39H56ClNO12. The van der Waals surface area contributed by atoms with Gasteiger partial charge in [-0.3, -0.25) is 9.63 Å². The third-order valence-corrected chi connectivity index (χ3v) is 9.74. The van der Waals surface area contributed by atoms with Crippen LogP contribution in [0.2, 0.25) is 5.02 Å². The number of nitrogens with one attached hydrogen (secondary N) is 1. The van der Waals surface area contributed by atoms with E-state index in [2.05, 4.69) is 5.64 Å². The summed E-state index contributed by atoms with van der Waals surface area (Å²) < 4.78 is 29.6. The monoisotopic (exact) mass is 765 g/mol. The molecule has 1 saturated heterocycles. The average Bonchev–Trinajstić information content (AvgIpc) is 3.11. The first-order valence-corrected chi connectivity index (χ1v) is 18.1. The Morgan fingerprint density at radius 3 is 2.42 bits per heavy atom. The normalized spacial score (nSPS) is 25.3. The van der Waals surface area contributed by atoms with Crippen LogP contribution in [0.15, 0.2) is 58.7 Å². The number of hydrogen-bond donors (Lipinski definition) is 5. The summed E-state index contributed by atoms with van der Waals surface area (Å²) in [6, 6.07) is 0. The lowest BCUT2D eigenvalue weighted by Crippen LogP contribution is -2.62. The molecule has 0 radical (unpaired) electrons. The number of benzene rings is 1. The molecule has 9 atom stereocenters. The van der Waals surface area contributed by atoms with Gasteiger partial charge in [0, 0.05) is 30.9 Å². The van der Waals surface area contributed by atoms with Crippen molar-refractivity contribution in [3.63, 3.8) is 0 Å². The number of phenols is 1. The van der Waals surface area contributed by atoms with Gasteiger partial charge in [-0.05, 0) is 77.6 Å². The van der Waals surface area contributed by atoms with Crippen molar-refractivity contribution in [1.82, 2.24) is 5.64 Å². The molecule has 1 aromatic carbocycles. The number of methoxy groups -OCH3 is 2. The maximum atomic E-state index is 11.9. The predicted octanol–water partition coefficient (Wildman–Crippen LogP) is 5.06. The molecule has 5 N–H and O–H groups in total. The minimum atomic E-state index is -0.951. The van der Waals surface area contributed by atoms with Crippen LogP contribution in [0.25, 0.3) is 0 Å². The summed E-state index contributed by atoms with van der Waals surface area (Å²) in [6.45, 7) is 12.3. The highest BCUT2D eigenvalue weighted by Crippen LogP contribution is 2.47. The summed E-state index contributed by atoms with van der Waals surface area (Å²) in [4.78, 5) is 23.4. The van der Waals surface area contributed by atoms with E-state index in [0.717, 1.165) is 5.57 Å². The zero-order chi connectivity index (χ0) is 39.4. The minimum absolute atomic E-state index is 0.109. The van der Waals surface area contributed by atoms with Gasteiger partial charge in [-0.2, -0.15) is 0 Å². The molecule has 9 unspecified atom stereocenters. The van der Waals surface area contributed by atoms with Gasteiger partial charge in [0.25, 0.3) is 0 Å². The van der Waals surface area contributed by atoms with Gasteiger partial charge < -0.3 is 48.9 Å². The average molecular weight is 766 g/mol. The van der Waals surface area contributed by atoms with E-state index in [0.29, 0.717) is 52.7 Å². The summed E-state index contributed by atoms with van der Waals surface area (Å²) in [5.74, 6) is 0.476. The Bertz CT molecular complexity index is 1540. The number of allylic oxidation sites excluding steroid dienone is 4. The Kier molecular flexibility index (Phi) is 17.7. The Labute approximate surface area is 317 Å². The highest BCUT2D eigenvalue weighted by Gasteiger charge is 2.49. The molecule has 0 saturated carbocycles. The lowest BCUT2D eigenvalue weighted by atomic mass is 9.98. The van der Waals surface area contributed by atoms with Crippen molar-refractivity contribution in [2.75, 3.05) is 20.8 Å². The van der Waals surface area contributed by atoms with Crippen LogP contribution < -0.4 is 15.2 Å². The number of carbonyl (C=O) groups is 1. The van der Waals surface area contributed by atoms with Crippen molar-refractivity contribution >= 4 is 17.9 Å². The molecule has 0 aromatic heterocycles. The summed E-state index contributed by atoms with van der Waals surface area (Å²) in [6.07, 6.45) is 5.73. The molecule has 2 aliphatic rings. The highest BCUT2D eigenvalue weighted by atomic mass is 35.5. The number of fused-ring (bicyclic) bond motifs is 2. The number of aliphatic hydroxyl groups is 3. The van der Waals surface area contributed by atoms with E-state index in [9.17, 15) is 25.2 Å². The van der Waals surface area contributed by atoms with Crippen LogP contribution in [-0.4, -0.2) is 103 Å². The van der Waals surface area contributed by atoms with Gasteiger partial charge in [-0.1, -0.05) is 60.6 Å². The topological polar surface area (TPSA) is 175 Å². The Morgan fingerprint density at radius 1 is 1.08 bits per heavy atom. The number of halogens is 1. The molecule has 0 amide bonds. The van der Waals surface area contributed by atoms with Crippen molar-refractivity contribution in [3.05, 3.63) is 74.9 Å². The third-order valence-electron chi connectivity index (χ3n) is 9.34. The molecule has 3 rings (SSSR count). The number of phenolic OH excluding ortho intramolecular Hbond substituents is 1. The second-order valence-electron chi connectivity index (χ2n) is 13.3. The van der Waals surface area contributed by atoms with Crippen molar-refractivity contribution in [3.8, 4) is 17.2 Å². The van der Waals surface area contributed by atoms with E-state index in [1.54, 1.807) is 66.0 Å². The van der Waals surface area contributed by atoms with Crippen LogP contribution in [0.4, 0.5) is 0 Å². The first-order chi connectivity index (χ1) is 25.2. The van der Waals surface area contributed by atoms with Crippen molar-refractivity contribution < 1.29 is 58.6 Å². The molecule has 0 bridgehead atoms. The number of aldehydes is 1. The summed E-state index contributed by atoms with van der Waals surface area (Å²) in [7, 11) is 3.03. The molecular weight excluding hydrogens is 710 g/mol. The van der Waals surface area contributed by atoms with E-state index in [-0.39, 0.29) is 35.7 Å². The Morgan fingerprint density at radius 2 is 1.79 bits per heavy atom. The molecule has 1 fully saturated rings. The van der Waals surface area contributed by atoms with Crippen LogP contribution in [0.3, 0.4) is 0 Å². The smallest absolute Gasteiger partial charge is 0.199 e. The molecule has 53 heavy (non-hydrogen) atoms. The maximum absolute atomic E-state index is 11.9. The van der Waals surface area contributed by atoms with E-state index >= 15 is 0 Å². The standard InChI is InChI=1S/C39H56ClNO12/c1-10-28-32(40)33(46)24(5)34-36(28)51-35-26(7)50-39(38(48-9)37(35)53-41-52-34)49-20-27(19-42)13-11-12-14-29(44)23(4)18-30(45)22(3)17-21(2)15-16-31(47-8)25(6)43/h11-13,15,17-19,25-26,29-31,35,37-39,41,43-46H,10,14,16,20H2,1-9H3/b12-11+,21-15+,22-17+,23-18+,27-13-. The molecule has 296 valence electrons. The Balaban J connectivity index is 1.61. The van der Waals surface area contributed by atoms with Crippen LogP contribution in [0.1, 0.15) is 65.5 Å². The molecule has 1 aromatic rings. The third kappa shape index (κ3) is 11.7. The fourth-order valence-electron chi connectivity index (χ4n) is 5.97. The summed E-state index contributed by atoms with van der Waals surface area (Å²) in [5.41, 5.74) is 5.94. The van der Waals surface area contributed by atoms with Gasteiger partial charge >= 0.3 is 0 Å². The van der Waals surface area contributed by atoms with Gasteiger partial charge in [0.05, 0.1) is 42.1 Å². The van der Waals surface area contributed by atoms with Crippen molar-refractivity contribution in [2.24, 2.45) is 0 Å². The summed E-state index contributed by atoms with van der Waals surface area (Å²) >= 11 is 6.46. The van der Waals surface area contributed by atoms with Crippen LogP contribution >= 0.6 is 11.6 Å². The number of aliphatic hydroxyl groups excluding tert-OH is 3. The fraction of sp³-hybridized carbons (Fsp3) is 0.564. The molecule has 14 heteroatoms. The molecule has 0 spiro atoms. The number of aromatic hydroxyl groups is 1. The SMILES string of the molecule is CCc1c(Cl)c(O)c(C)c2c1OC1C(C)OC(OC/C(C=O)=C\C=C\CC(O)/C(C)=C/C(O)/C(C)=C/C(C)=C/CC(OC)C(C)O)C(OC)C1ONO2. The number of carbonyl (C=O) groups excluding carboxylic acids is 1. The zero-order valence-electron chi connectivity index (χ0n) is 32.0. The lowest BCUT2D eigenvalue weighted by molar-refractivity contribution is -0.323. The van der Waals surface area contributed by atoms with Crippen LogP contribution in [0.5, 0.6) is 17.2 Å². The highest BCUT2D eigenvalue weighted by molar-refractivity contribution is 6.33. The van der Waals surface area contributed by atoms with E-state index in [4.69, 9.17) is 45.0 Å². The molecule has 0 aliphatic carbocycles. The molecule has 2 heterocycles. The lowest BCUT2D eigenvalue weighted by Gasteiger charge is -2.45. The first kappa shape index (κ1) is 44.3. The quantitative estimate of drug-likeness (QED) is 0.0617. The van der Waals surface area contributed by atoms with E-state index < -0.39 is 49.0 Å². The second-order valence-corrected chi connectivity index (χ2v) is 13.7. The van der Waals surface area contributed by atoms with Gasteiger partial charge in [0.15, 0.2) is 30.0 Å². The van der Waals surface area contributed by atoms with E-state index in [1.807, 2.05) is 26.0 Å². The predicted molar refractivity (Wildman–Crippen MR) is 200 cm³/mol. The maximum Gasteiger partial charge on any atom is 0.199 e. The van der Waals surface area contributed by atoms with Crippen LogP contribution in [-0.2, 0) is 35.0 Å². The largest absolute Gasteiger partial charge is 0.506 e. The number of ether oxygens (including phenoxy) is 5. The Hall–Kier alpha value is -3.08.